The van der Waals surface area contributed by atoms with Crippen LogP contribution in [0, 0.1) is 0 Å². The van der Waals surface area contributed by atoms with E-state index in [1.54, 1.807) is 0 Å². The van der Waals surface area contributed by atoms with Crippen molar-refractivity contribution in [1.29, 1.82) is 0 Å². The highest BCUT2D eigenvalue weighted by atomic mass is 35.5. The number of aryl methyl sites for hydroxylation is 2. The molecular weight excluding hydrogens is 671 g/mol. The van der Waals surface area contributed by atoms with E-state index < -0.39 is 0 Å². The molecule has 2 unspecified atom stereocenters. The summed E-state index contributed by atoms with van der Waals surface area (Å²) in [4.78, 5) is 27.3. The number of fused-ring (bicyclic) bond motifs is 2. The fourth-order valence-corrected chi connectivity index (χ4v) is 8.09. The van der Waals surface area contributed by atoms with Gasteiger partial charge in [-0.15, -0.1) is 0 Å². The summed E-state index contributed by atoms with van der Waals surface area (Å²) in [5.74, 6) is -0.448. The molecule has 2 aliphatic carbocycles. The second-order valence-electron chi connectivity index (χ2n) is 13.6. The van der Waals surface area contributed by atoms with Gasteiger partial charge in [0.15, 0.2) is 11.6 Å². The highest BCUT2D eigenvalue weighted by Gasteiger charge is 2.31. The molecule has 0 saturated heterocycles. The lowest BCUT2D eigenvalue weighted by molar-refractivity contribution is -0.116. The second-order valence-corrected chi connectivity index (χ2v) is 14.4. The summed E-state index contributed by atoms with van der Waals surface area (Å²) in [6, 6.07) is 31.9. The molecule has 8 rings (SSSR count). The predicted molar refractivity (Wildman–Crippen MR) is 210 cm³/mol. The van der Waals surface area contributed by atoms with Gasteiger partial charge in [0.2, 0.25) is 0 Å². The zero-order valence-corrected chi connectivity index (χ0v) is 30.0. The zero-order valence-electron chi connectivity index (χ0n) is 28.4. The summed E-state index contributed by atoms with van der Waals surface area (Å²) in [5, 5.41) is 3.51. The maximum absolute atomic E-state index is 13.6. The molecule has 4 nitrogen and oxygen atoms in total. The number of hydrogen-bond donors (Lipinski definition) is 0. The Morgan fingerprint density at radius 3 is 1.45 bits per heavy atom. The molecule has 0 radical (unpaired) electrons. The van der Waals surface area contributed by atoms with Gasteiger partial charge in [0.1, 0.15) is 0 Å². The molecule has 0 saturated carbocycles. The van der Waals surface area contributed by atoms with Gasteiger partial charge in [-0.3, -0.25) is 9.59 Å². The van der Waals surface area contributed by atoms with Crippen molar-refractivity contribution in [1.82, 2.24) is 9.13 Å². The minimum Gasteiger partial charge on any atom is -0.347 e. The van der Waals surface area contributed by atoms with Gasteiger partial charge in [0.05, 0.1) is 11.8 Å². The van der Waals surface area contributed by atoms with Crippen LogP contribution in [0.2, 0.25) is 10.0 Å². The summed E-state index contributed by atoms with van der Waals surface area (Å²) in [6.07, 6.45) is 13.4. The van der Waals surface area contributed by atoms with Crippen LogP contribution < -0.4 is 0 Å². The van der Waals surface area contributed by atoms with Crippen molar-refractivity contribution in [2.24, 2.45) is 0 Å². The molecule has 2 aromatic heterocycles. The van der Waals surface area contributed by atoms with Gasteiger partial charge in [0.25, 0.3) is 0 Å². The molecule has 0 amide bonds. The average Bonchev–Trinajstić information content (AvgIpc) is 3.83. The van der Waals surface area contributed by atoms with Crippen molar-refractivity contribution in [3.63, 3.8) is 0 Å². The third-order valence-electron chi connectivity index (χ3n) is 10.2. The second kappa shape index (κ2) is 13.5. The third-order valence-corrected chi connectivity index (χ3v) is 10.7. The van der Waals surface area contributed by atoms with Gasteiger partial charge >= 0.3 is 0 Å². The number of para-hydroxylation sites is 2. The number of carbonyl (C=O) groups is 2. The molecule has 2 heterocycles. The van der Waals surface area contributed by atoms with Crippen LogP contribution in [0.25, 0.3) is 34.0 Å². The first-order valence-electron chi connectivity index (χ1n) is 17.3. The van der Waals surface area contributed by atoms with Crippen LogP contribution in [0.15, 0.2) is 144 Å². The number of rotatable bonds is 8. The van der Waals surface area contributed by atoms with E-state index in [2.05, 4.69) is 70.1 Å². The quantitative estimate of drug-likeness (QED) is 0.148. The standard InChI is InChI=1S/C45H36Cl2N2O2/c1-28-20-40(30-10-7-12-34(46)22-30)44(50)38(28)24-32-26-48(42-16-5-3-14-36(32)42)18-9-19-49-27-33(37-15-4-6-17-43(37)49)25-39-29(2)21-41(45(39)51)31-11-8-13-35(47)23-31/h3-8,10-17,20-27,40-41H,9,18-19H2,1-2H3/b38-24-,39-25+. The van der Waals surface area contributed by atoms with Gasteiger partial charge in [-0.25, -0.2) is 0 Å². The summed E-state index contributed by atoms with van der Waals surface area (Å²) in [5.41, 5.74) is 9.64. The first-order chi connectivity index (χ1) is 24.7. The van der Waals surface area contributed by atoms with Crippen LogP contribution in [0.3, 0.4) is 0 Å². The average molecular weight is 708 g/mol. The molecule has 2 atom stereocenters. The molecule has 0 bridgehead atoms. The molecule has 6 heteroatoms. The van der Waals surface area contributed by atoms with Crippen LogP contribution in [-0.4, -0.2) is 20.7 Å². The Balaban J connectivity index is 1.04. The Kier molecular flexibility index (Phi) is 8.75. The van der Waals surface area contributed by atoms with Crippen LogP contribution in [0.1, 0.15) is 54.4 Å². The van der Waals surface area contributed by atoms with E-state index in [4.69, 9.17) is 23.2 Å². The predicted octanol–water partition coefficient (Wildman–Crippen LogP) is 11.4. The molecule has 0 fully saturated rings. The van der Waals surface area contributed by atoms with E-state index in [0.717, 1.165) is 85.9 Å². The number of Topliss-reactive ketones (excluding diaryl/α,β-unsaturated/α-hetero) is 2. The van der Waals surface area contributed by atoms with Crippen molar-refractivity contribution >= 4 is 68.7 Å². The first kappa shape index (κ1) is 33.0. The summed E-state index contributed by atoms with van der Waals surface area (Å²) in [7, 11) is 0. The number of nitrogens with zero attached hydrogens (tertiary/aromatic N) is 2. The van der Waals surface area contributed by atoms with Gasteiger partial charge in [-0.2, -0.15) is 0 Å². The van der Waals surface area contributed by atoms with Gasteiger partial charge < -0.3 is 9.13 Å². The molecule has 6 aromatic rings. The first-order valence-corrected chi connectivity index (χ1v) is 18.1. The monoisotopic (exact) mass is 706 g/mol. The minimum absolute atomic E-state index is 0.0989. The summed E-state index contributed by atoms with van der Waals surface area (Å²) in [6.45, 7) is 5.64. The molecule has 0 N–H and O–H groups in total. The van der Waals surface area contributed by atoms with E-state index in [1.807, 2.05) is 86.7 Å². The lowest BCUT2D eigenvalue weighted by Crippen LogP contribution is -2.07. The van der Waals surface area contributed by atoms with Crippen molar-refractivity contribution < 1.29 is 9.59 Å². The molecule has 0 spiro atoms. The van der Waals surface area contributed by atoms with Gasteiger partial charge in [-0.05, 0) is 91.1 Å². The summed E-state index contributed by atoms with van der Waals surface area (Å²) < 4.78 is 4.59. The van der Waals surface area contributed by atoms with Crippen molar-refractivity contribution in [2.75, 3.05) is 0 Å². The number of aromatic nitrogens is 2. The Labute approximate surface area is 307 Å². The largest absolute Gasteiger partial charge is 0.347 e. The number of benzene rings is 4. The molecule has 0 aliphatic heterocycles. The highest BCUT2D eigenvalue weighted by molar-refractivity contribution is 6.31. The number of hydrogen-bond acceptors (Lipinski definition) is 2. The zero-order chi connectivity index (χ0) is 35.2. The number of halogens is 2. The van der Waals surface area contributed by atoms with Gasteiger partial charge in [-0.1, -0.05) is 96.0 Å². The van der Waals surface area contributed by atoms with E-state index >= 15 is 0 Å². The van der Waals surface area contributed by atoms with E-state index in [-0.39, 0.29) is 23.4 Å². The lowest BCUT2D eigenvalue weighted by Gasteiger charge is -2.08. The van der Waals surface area contributed by atoms with Crippen LogP contribution in [0.5, 0.6) is 0 Å². The van der Waals surface area contributed by atoms with E-state index in [1.165, 1.54) is 0 Å². The van der Waals surface area contributed by atoms with Crippen molar-refractivity contribution in [3.8, 4) is 0 Å². The Morgan fingerprint density at radius 2 is 1.02 bits per heavy atom. The van der Waals surface area contributed by atoms with Crippen LogP contribution in [-0.2, 0) is 22.7 Å². The number of carbonyl (C=O) groups excluding carboxylic acids is 2. The fourth-order valence-electron chi connectivity index (χ4n) is 7.69. The molecule has 4 aromatic carbocycles. The Bertz CT molecular complexity index is 2330. The Hall–Kier alpha value is -5.16. The van der Waals surface area contributed by atoms with E-state index in [0.29, 0.717) is 10.0 Å². The minimum atomic E-state index is -0.323. The smallest absolute Gasteiger partial charge is 0.174 e. The number of ketones is 2. The SMILES string of the molecule is CC1=CC(c2cccc(Cl)c2)C(=O)/C1=C\c1cn(CCCn2cc(/C=C3/C(=O)C(c4cccc(Cl)c4)C=C3C)c3ccccc32)c2ccccc12. The molecule has 51 heavy (non-hydrogen) atoms. The summed E-state index contributed by atoms with van der Waals surface area (Å²) >= 11 is 12.5. The van der Waals surface area contributed by atoms with Crippen molar-refractivity contribution in [2.45, 2.75) is 45.2 Å². The van der Waals surface area contributed by atoms with E-state index in [9.17, 15) is 9.59 Å². The fraction of sp³-hybridized carbons (Fsp3) is 0.156. The Morgan fingerprint density at radius 1 is 0.588 bits per heavy atom. The normalized spacial score (nSPS) is 19.2. The third kappa shape index (κ3) is 6.24. The number of allylic oxidation sites excluding steroid dienone is 6. The van der Waals surface area contributed by atoms with Crippen LogP contribution in [0.4, 0.5) is 0 Å². The maximum atomic E-state index is 13.6. The van der Waals surface area contributed by atoms with Gasteiger partial charge in [0, 0.05) is 79.6 Å². The van der Waals surface area contributed by atoms with Crippen LogP contribution >= 0.6 is 23.2 Å². The topological polar surface area (TPSA) is 44.0 Å². The maximum Gasteiger partial charge on any atom is 0.174 e. The molecule has 2 aliphatic rings. The lowest BCUT2D eigenvalue weighted by atomic mass is 9.95. The molecular formula is C45H36Cl2N2O2. The molecule has 252 valence electrons. The van der Waals surface area contributed by atoms with Crippen molar-refractivity contribution in [3.05, 3.63) is 176 Å². The highest BCUT2D eigenvalue weighted by Crippen LogP contribution is 2.38.